The van der Waals surface area contributed by atoms with Gasteiger partial charge in [0.1, 0.15) is 20.5 Å². The Labute approximate surface area is 206 Å². The highest BCUT2D eigenvalue weighted by Crippen LogP contribution is 2.44. The normalized spacial score (nSPS) is 11.3. The van der Waals surface area contributed by atoms with Gasteiger partial charge in [-0.25, -0.2) is 8.42 Å². The molecule has 3 aromatic carbocycles. The van der Waals surface area contributed by atoms with Crippen LogP contribution in [0.2, 0.25) is 5.02 Å². The Kier molecular flexibility index (Phi) is 6.65. The number of carbonyl (C=O) groups is 1. The smallest absolute Gasteiger partial charge is 0.211 e. The maximum Gasteiger partial charge on any atom is 0.211 e. The number of ketones is 1. The number of hydrogen-bond acceptors (Lipinski definition) is 7. The SMILES string of the molecule is COc1cccc(C(=O)c2sc(Nc3ccc(Cl)cc3)c(S(=O)(=O)c3ccc(C)cc3)c2N)c1. The summed E-state index contributed by atoms with van der Waals surface area (Å²) in [4.78, 5) is 13.4. The van der Waals surface area contributed by atoms with E-state index in [1.54, 1.807) is 60.7 Å². The Morgan fingerprint density at radius 1 is 1.03 bits per heavy atom. The summed E-state index contributed by atoms with van der Waals surface area (Å²) in [7, 11) is -2.53. The second-order valence-corrected chi connectivity index (χ2v) is 10.9. The van der Waals surface area contributed by atoms with E-state index in [1.165, 1.54) is 19.2 Å². The molecule has 6 nitrogen and oxygen atoms in total. The number of hydrogen-bond donors (Lipinski definition) is 2. The van der Waals surface area contributed by atoms with Gasteiger partial charge in [0.05, 0.1) is 17.7 Å². The third-order valence-corrected chi connectivity index (χ3v) is 8.50. The fourth-order valence-electron chi connectivity index (χ4n) is 3.34. The van der Waals surface area contributed by atoms with E-state index in [0.29, 0.717) is 22.0 Å². The number of rotatable bonds is 7. The van der Waals surface area contributed by atoms with Crippen LogP contribution in [0.3, 0.4) is 0 Å². The summed E-state index contributed by atoms with van der Waals surface area (Å²) >= 11 is 6.97. The lowest BCUT2D eigenvalue weighted by Crippen LogP contribution is -2.08. The number of anilines is 3. The van der Waals surface area contributed by atoms with Crippen LogP contribution in [0.15, 0.2) is 82.6 Å². The molecule has 4 aromatic rings. The molecule has 3 N–H and O–H groups in total. The molecule has 9 heteroatoms. The standard InChI is InChI=1S/C25H21ClN2O4S2/c1-15-6-12-20(13-7-15)34(30,31)24-21(27)23(22(29)16-4-3-5-19(14-16)32-2)33-25(24)28-18-10-8-17(26)9-11-18/h3-14,28H,27H2,1-2H3. The molecule has 0 bridgehead atoms. The topological polar surface area (TPSA) is 98.5 Å². The summed E-state index contributed by atoms with van der Waals surface area (Å²) in [5, 5.41) is 3.88. The lowest BCUT2D eigenvalue weighted by Gasteiger charge is -2.10. The predicted octanol–water partition coefficient (Wildman–Crippen LogP) is 6.11. The van der Waals surface area contributed by atoms with Gasteiger partial charge < -0.3 is 15.8 Å². The molecule has 0 unspecified atom stereocenters. The maximum absolute atomic E-state index is 13.6. The first-order chi connectivity index (χ1) is 16.2. The monoisotopic (exact) mass is 512 g/mol. The van der Waals surface area contributed by atoms with Crippen LogP contribution in [0.25, 0.3) is 0 Å². The maximum atomic E-state index is 13.6. The second kappa shape index (κ2) is 9.50. The number of halogens is 1. The molecule has 0 aliphatic rings. The third-order valence-electron chi connectivity index (χ3n) is 5.14. The van der Waals surface area contributed by atoms with Crippen LogP contribution < -0.4 is 15.8 Å². The van der Waals surface area contributed by atoms with Gasteiger partial charge in [-0.2, -0.15) is 0 Å². The van der Waals surface area contributed by atoms with Crippen LogP contribution in [-0.4, -0.2) is 21.3 Å². The Hall–Kier alpha value is -3.33. The van der Waals surface area contributed by atoms with Gasteiger partial charge in [-0.15, -0.1) is 11.3 Å². The average molecular weight is 513 g/mol. The predicted molar refractivity (Wildman–Crippen MR) is 137 cm³/mol. The molecule has 0 radical (unpaired) electrons. The second-order valence-electron chi connectivity index (χ2n) is 7.51. The quantitative estimate of drug-likeness (QED) is 0.290. The molecule has 0 saturated heterocycles. The highest BCUT2D eigenvalue weighted by atomic mass is 35.5. The largest absolute Gasteiger partial charge is 0.497 e. The van der Waals surface area contributed by atoms with Gasteiger partial charge in [-0.1, -0.05) is 41.4 Å². The number of ether oxygens (including phenoxy) is 1. The van der Waals surface area contributed by atoms with Crippen molar-refractivity contribution in [2.75, 3.05) is 18.2 Å². The van der Waals surface area contributed by atoms with E-state index >= 15 is 0 Å². The van der Waals surface area contributed by atoms with Crippen LogP contribution in [0.5, 0.6) is 5.75 Å². The van der Waals surface area contributed by atoms with Gasteiger partial charge in [0, 0.05) is 16.3 Å². The summed E-state index contributed by atoms with van der Waals surface area (Å²) in [6, 6.07) is 19.9. The van der Waals surface area contributed by atoms with E-state index in [1.807, 2.05) is 6.92 Å². The Morgan fingerprint density at radius 2 is 1.71 bits per heavy atom. The number of aryl methyl sites for hydroxylation is 1. The van der Waals surface area contributed by atoms with Gasteiger partial charge in [0.25, 0.3) is 0 Å². The summed E-state index contributed by atoms with van der Waals surface area (Å²) in [5.74, 6) is 0.110. The molecule has 1 aromatic heterocycles. The number of benzene rings is 3. The van der Waals surface area contributed by atoms with E-state index in [0.717, 1.165) is 16.9 Å². The summed E-state index contributed by atoms with van der Waals surface area (Å²) in [6.07, 6.45) is 0. The van der Waals surface area contributed by atoms with Crippen molar-refractivity contribution in [3.8, 4) is 5.75 Å². The number of nitrogens with two attached hydrogens (primary N) is 1. The van der Waals surface area contributed by atoms with E-state index in [2.05, 4.69) is 5.32 Å². The summed E-state index contributed by atoms with van der Waals surface area (Å²) < 4.78 is 32.5. The molecule has 0 atom stereocenters. The Morgan fingerprint density at radius 3 is 2.35 bits per heavy atom. The molecule has 0 fully saturated rings. The number of nitrogens with one attached hydrogen (secondary N) is 1. The van der Waals surface area contributed by atoms with Gasteiger partial charge >= 0.3 is 0 Å². The number of thiophene rings is 1. The van der Waals surface area contributed by atoms with E-state index in [-0.39, 0.29) is 25.4 Å². The van der Waals surface area contributed by atoms with Crippen LogP contribution in [0.4, 0.5) is 16.4 Å². The van der Waals surface area contributed by atoms with Crippen molar-refractivity contribution in [1.82, 2.24) is 0 Å². The van der Waals surface area contributed by atoms with E-state index < -0.39 is 15.6 Å². The zero-order valence-electron chi connectivity index (χ0n) is 18.3. The first-order valence-electron chi connectivity index (χ1n) is 10.2. The minimum atomic E-state index is -4.03. The number of sulfone groups is 1. The Bertz CT molecular complexity index is 1460. The molecule has 0 spiro atoms. The van der Waals surface area contributed by atoms with E-state index in [9.17, 15) is 13.2 Å². The summed E-state index contributed by atoms with van der Waals surface area (Å²) in [6.45, 7) is 1.87. The van der Waals surface area contributed by atoms with Crippen LogP contribution >= 0.6 is 22.9 Å². The molecule has 34 heavy (non-hydrogen) atoms. The molecule has 0 amide bonds. The number of nitrogen functional groups attached to an aromatic ring is 1. The first-order valence-corrected chi connectivity index (χ1v) is 12.8. The highest BCUT2D eigenvalue weighted by Gasteiger charge is 2.31. The average Bonchev–Trinajstić information content (AvgIpc) is 3.16. The van der Waals surface area contributed by atoms with Crippen LogP contribution in [0, 0.1) is 6.92 Å². The first kappa shape index (κ1) is 23.8. The molecule has 0 saturated carbocycles. The van der Waals surface area contributed by atoms with Crippen molar-refractivity contribution < 1.29 is 17.9 Å². The molecule has 174 valence electrons. The van der Waals surface area contributed by atoms with Crippen molar-refractivity contribution in [3.05, 3.63) is 93.8 Å². The van der Waals surface area contributed by atoms with Gasteiger partial charge in [-0.05, 0) is 55.5 Å². The van der Waals surface area contributed by atoms with Gasteiger partial charge in [-0.3, -0.25) is 4.79 Å². The number of methoxy groups -OCH3 is 1. The summed E-state index contributed by atoms with van der Waals surface area (Å²) in [5.41, 5.74) is 8.12. The fourth-order valence-corrected chi connectivity index (χ4v) is 6.40. The zero-order valence-corrected chi connectivity index (χ0v) is 20.7. The Balaban J connectivity index is 1.87. The lowest BCUT2D eigenvalue weighted by molar-refractivity contribution is 0.104. The van der Waals surface area contributed by atoms with Gasteiger partial charge in [0.15, 0.2) is 0 Å². The van der Waals surface area contributed by atoms with Crippen molar-refractivity contribution in [2.45, 2.75) is 16.7 Å². The van der Waals surface area contributed by atoms with Crippen LogP contribution in [-0.2, 0) is 9.84 Å². The van der Waals surface area contributed by atoms with Crippen molar-refractivity contribution in [2.24, 2.45) is 0 Å². The van der Waals surface area contributed by atoms with Crippen molar-refractivity contribution in [3.63, 3.8) is 0 Å². The molecule has 0 aliphatic heterocycles. The van der Waals surface area contributed by atoms with E-state index in [4.69, 9.17) is 22.1 Å². The van der Waals surface area contributed by atoms with Crippen molar-refractivity contribution >= 4 is 54.9 Å². The highest BCUT2D eigenvalue weighted by molar-refractivity contribution is 7.92. The fraction of sp³-hybridized carbons (Fsp3) is 0.0800. The van der Waals surface area contributed by atoms with Crippen molar-refractivity contribution in [1.29, 1.82) is 0 Å². The molecule has 0 aliphatic carbocycles. The molecule has 1 heterocycles. The van der Waals surface area contributed by atoms with Gasteiger partial charge in [0.2, 0.25) is 15.6 Å². The third kappa shape index (κ3) is 4.65. The molecular weight excluding hydrogens is 492 g/mol. The number of carbonyl (C=O) groups excluding carboxylic acids is 1. The lowest BCUT2D eigenvalue weighted by atomic mass is 10.1. The molecular formula is C25H21ClN2O4S2. The minimum Gasteiger partial charge on any atom is -0.497 e. The minimum absolute atomic E-state index is 0.0853. The molecule has 4 rings (SSSR count). The zero-order chi connectivity index (χ0) is 24.5. The van der Waals surface area contributed by atoms with Crippen LogP contribution in [0.1, 0.15) is 20.8 Å².